The maximum absolute atomic E-state index is 12.5. The Hall–Kier alpha value is -1.92. The molecule has 102 valence electrons. The fourth-order valence-electron chi connectivity index (χ4n) is 2.31. The first-order valence-corrected chi connectivity index (χ1v) is 5.79. The van der Waals surface area contributed by atoms with E-state index in [0.717, 1.165) is 4.90 Å². The molecule has 1 unspecified atom stereocenters. The minimum Gasteiger partial charge on any atom is -0.353 e. The molecule has 1 aromatic rings. The first kappa shape index (κ1) is 13.5. The van der Waals surface area contributed by atoms with Crippen molar-refractivity contribution in [3.05, 3.63) is 35.9 Å². The molecule has 1 saturated heterocycles. The van der Waals surface area contributed by atoms with Crippen LogP contribution in [0.1, 0.15) is 5.56 Å². The number of urea groups is 1. The molecule has 1 aliphatic rings. The molecule has 1 heterocycles. The summed E-state index contributed by atoms with van der Waals surface area (Å²) < 4.78 is 10.4. The number of nitrogens with zero attached hydrogens (tertiary/aromatic N) is 1. The molecule has 1 aliphatic heterocycles. The van der Waals surface area contributed by atoms with Gasteiger partial charge in [0.05, 0.1) is 0 Å². The zero-order valence-corrected chi connectivity index (χ0v) is 11.0. The predicted octanol–water partition coefficient (Wildman–Crippen LogP) is 0.682. The van der Waals surface area contributed by atoms with Crippen molar-refractivity contribution in [1.29, 1.82) is 0 Å². The fraction of sp³-hybridized carbons (Fsp3) is 0.385. The van der Waals surface area contributed by atoms with Crippen molar-refractivity contribution in [3.63, 3.8) is 0 Å². The van der Waals surface area contributed by atoms with Crippen LogP contribution in [-0.4, -0.2) is 44.4 Å². The molecule has 0 aromatic heterocycles. The molecular formula is C13H16N2O4. The van der Waals surface area contributed by atoms with Gasteiger partial charge in [-0.05, 0) is 5.56 Å². The quantitative estimate of drug-likeness (QED) is 0.641. The molecule has 1 N–H and O–H groups in total. The second-order valence-corrected chi connectivity index (χ2v) is 4.27. The normalized spacial score (nSPS) is 23.1. The van der Waals surface area contributed by atoms with E-state index in [9.17, 15) is 9.59 Å². The summed E-state index contributed by atoms with van der Waals surface area (Å²) >= 11 is 0. The molecule has 6 heteroatoms. The van der Waals surface area contributed by atoms with Gasteiger partial charge in [0.25, 0.3) is 5.91 Å². The first-order chi connectivity index (χ1) is 9.07. The number of hydrogen-bond acceptors (Lipinski definition) is 4. The summed E-state index contributed by atoms with van der Waals surface area (Å²) in [5, 5.41) is 2.67. The van der Waals surface area contributed by atoms with E-state index in [0.29, 0.717) is 5.56 Å². The average Bonchev–Trinajstić information content (AvgIpc) is 2.67. The average molecular weight is 264 g/mol. The van der Waals surface area contributed by atoms with E-state index >= 15 is 0 Å². The van der Waals surface area contributed by atoms with Crippen LogP contribution in [0.3, 0.4) is 0 Å². The zero-order chi connectivity index (χ0) is 14.0. The lowest BCUT2D eigenvalue weighted by molar-refractivity contribution is -0.169. The summed E-state index contributed by atoms with van der Waals surface area (Å²) in [6.45, 7) is 0. The molecule has 2 rings (SSSR count). The van der Waals surface area contributed by atoms with Gasteiger partial charge in [0, 0.05) is 21.3 Å². The molecule has 1 fully saturated rings. The Morgan fingerprint density at radius 1 is 1.16 bits per heavy atom. The van der Waals surface area contributed by atoms with Crippen LogP contribution in [0.5, 0.6) is 0 Å². The monoisotopic (exact) mass is 264 g/mol. The summed E-state index contributed by atoms with van der Waals surface area (Å²) in [7, 11) is 4.28. The van der Waals surface area contributed by atoms with Gasteiger partial charge in [-0.2, -0.15) is 0 Å². The predicted molar refractivity (Wildman–Crippen MR) is 67.2 cm³/mol. The maximum Gasteiger partial charge on any atom is 0.325 e. The molecule has 1 atom stereocenters. The van der Waals surface area contributed by atoms with E-state index < -0.39 is 23.8 Å². The molecule has 0 saturated carbocycles. The van der Waals surface area contributed by atoms with E-state index in [1.54, 1.807) is 24.3 Å². The Morgan fingerprint density at radius 2 is 1.74 bits per heavy atom. The topological polar surface area (TPSA) is 67.9 Å². The number of likely N-dealkylation sites (N-methyl/N-ethyl adjacent to an activating group) is 1. The standard InChI is InChI=1S/C13H16N2O4/c1-15-10(16)13(14-12(15)17,11(18-2)19-3)9-7-5-4-6-8-9/h4-8,11H,1-3H3,(H,14,17). The number of benzene rings is 1. The van der Waals surface area contributed by atoms with Crippen molar-refractivity contribution >= 4 is 11.9 Å². The van der Waals surface area contributed by atoms with Crippen LogP contribution >= 0.6 is 0 Å². The highest BCUT2D eigenvalue weighted by Crippen LogP contribution is 2.33. The Bertz CT molecular complexity index is 487. The maximum atomic E-state index is 12.5. The molecule has 0 aliphatic carbocycles. The highest BCUT2D eigenvalue weighted by molar-refractivity contribution is 6.07. The Balaban J connectivity index is 2.58. The van der Waals surface area contributed by atoms with E-state index in [2.05, 4.69) is 5.32 Å². The van der Waals surface area contributed by atoms with Gasteiger partial charge in [-0.25, -0.2) is 4.79 Å². The molecular weight excluding hydrogens is 248 g/mol. The minimum atomic E-state index is -1.35. The number of imide groups is 1. The third-order valence-electron chi connectivity index (χ3n) is 3.26. The SMILES string of the molecule is COC(OC)C1(c2ccccc2)NC(=O)N(C)C1=O. The van der Waals surface area contributed by atoms with Crippen LogP contribution in [0.15, 0.2) is 30.3 Å². The molecule has 0 radical (unpaired) electrons. The fourth-order valence-corrected chi connectivity index (χ4v) is 2.31. The number of carbonyl (C=O) groups is 2. The van der Waals surface area contributed by atoms with Gasteiger partial charge >= 0.3 is 6.03 Å². The second-order valence-electron chi connectivity index (χ2n) is 4.27. The van der Waals surface area contributed by atoms with Gasteiger partial charge in [0.1, 0.15) is 0 Å². The number of methoxy groups -OCH3 is 2. The van der Waals surface area contributed by atoms with Crippen LogP contribution < -0.4 is 5.32 Å². The molecule has 6 nitrogen and oxygen atoms in total. The molecule has 3 amide bonds. The van der Waals surface area contributed by atoms with Crippen molar-refractivity contribution in [1.82, 2.24) is 10.2 Å². The Kier molecular flexibility index (Phi) is 3.55. The van der Waals surface area contributed by atoms with Gasteiger partial charge in [0.2, 0.25) is 0 Å². The lowest BCUT2D eigenvalue weighted by Crippen LogP contribution is -2.54. The van der Waals surface area contributed by atoms with Gasteiger partial charge in [-0.1, -0.05) is 30.3 Å². The van der Waals surface area contributed by atoms with Crippen molar-refractivity contribution in [2.75, 3.05) is 21.3 Å². The van der Waals surface area contributed by atoms with Crippen LogP contribution in [0.4, 0.5) is 4.79 Å². The Morgan fingerprint density at radius 3 is 2.16 bits per heavy atom. The van der Waals surface area contributed by atoms with E-state index in [4.69, 9.17) is 9.47 Å². The summed E-state index contributed by atoms with van der Waals surface area (Å²) in [5.41, 5.74) is -0.734. The molecule has 19 heavy (non-hydrogen) atoms. The van der Waals surface area contributed by atoms with Crippen molar-refractivity contribution < 1.29 is 19.1 Å². The number of ether oxygens (including phenoxy) is 2. The lowest BCUT2D eigenvalue weighted by atomic mass is 9.89. The third-order valence-corrected chi connectivity index (χ3v) is 3.26. The van der Waals surface area contributed by atoms with E-state index in [1.807, 2.05) is 6.07 Å². The molecule has 0 bridgehead atoms. The van der Waals surface area contributed by atoms with Crippen LogP contribution in [0.2, 0.25) is 0 Å². The van der Waals surface area contributed by atoms with Gasteiger partial charge in [0.15, 0.2) is 11.8 Å². The number of rotatable bonds is 4. The third kappa shape index (κ3) is 1.89. The first-order valence-electron chi connectivity index (χ1n) is 5.79. The van der Waals surface area contributed by atoms with Crippen molar-refractivity contribution in [2.24, 2.45) is 0 Å². The van der Waals surface area contributed by atoms with Gasteiger partial charge < -0.3 is 14.8 Å². The molecule has 0 spiro atoms. The number of amides is 3. The summed E-state index contributed by atoms with van der Waals surface area (Å²) in [6, 6.07) is 8.43. The summed E-state index contributed by atoms with van der Waals surface area (Å²) in [6.07, 6.45) is -0.906. The van der Waals surface area contributed by atoms with Crippen LogP contribution in [0.25, 0.3) is 0 Å². The van der Waals surface area contributed by atoms with Crippen molar-refractivity contribution in [2.45, 2.75) is 11.8 Å². The van der Waals surface area contributed by atoms with Crippen LogP contribution in [0, 0.1) is 0 Å². The van der Waals surface area contributed by atoms with Crippen LogP contribution in [-0.2, 0) is 19.8 Å². The summed E-state index contributed by atoms with van der Waals surface area (Å²) in [5.74, 6) is -0.405. The Labute approximate surface area is 111 Å². The number of carbonyl (C=O) groups excluding carboxylic acids is 2. The highest BCUT2D eigenvalue weighted by Gasteiger charge is 2.57. The van der Waals surface area contributed by atoms with E-state index in [1.165, 1.54) is 21.3 Å². The molecule has 1 aromatic carbocycles. The van der Waals surface area contributed by atoms with E-state index in [-0.39, 0.29) is 0 Å². The lowest BCUT2D eigenvalue weighted by Gasteiger charge is -2.33. The van der Waals surface area contributed by atoms with Gasteiger partial charge in [-0.3, -0.25) is 9.69 Å². The number of nitrogens with one attached hydrogen (secondary N) is 1. The minimum absolute atomic E-state index is 0.405. The number of hydrogen-bond donors (Lipinski definition) is 1. The van der Waals surface area contributed by atoms with Gasteiger partial charge in [-0.15, -0.1) is 0 Å². The largest absolute Gasteiger partial charge is 0.353 e. The zero-order valence-electron chi connectivity index (χ0n) is 11.0. The van der Waals surface area contributed by atoms with Crippen molar-refractivity contribution in [3.8, 4) is 0 Å². The smallest absolute Gasteiger partial charge is 0.325 e. The second kappa shape index (κ2) is 4.99. The summed E-state index contributed by atoms with van der Waals surface area (Å²) in [4.78, 5) is 25.3. The highest BCUT2D eigenvalue weighted by atomic mass is 16.7.